The van der Waals surface area contributed by atoms with E-state index in [-0.39, 0.29) is 24.9 Å². The lowest BCUT2D eigenvalue weighted by Gasteiger charge is -2.13. The van der Waals surface area contributed by atoms with Gasteiger partial charge in [0.15, 0.2) is 0 Å². The van der Waals surface area contributed by atoms with Crippen molar-refractivity contribution >= 4 is 18.4 Å². The van der Waals surface area contributed by atoms with Gasteiger partial charge in [0.05, 0.1) is 13.2 Å². The van der Waals surface area contributed by atoms with Gasteiger partial charge in [-0.3, -0.25) is 4.79 Å². The lowest BCUT2D eigenvalue weighted by molar-refractivity contribution is -0.140. The summed E-state index contributed by atoms with van der Waals surface area (Å²) in [5.74, 6) is -1.39. The van der Waals surface area contributed by atoms with Crippen LogP contribution in [-0.4, -0.2) is 18.2 Å². The van der Waals surface area contributed by atoms with Crippen molar-refractivity contribution in [2.24, 2.45) is 11.7 Å². The van der Waals surface area contributed by atoms with E-state index in [1.54, 1.807) is 13.2 Å². The minimum atomic E-state index is -1.10. The molecule has 1 unspecified atom stereocenters. The monoisotopic (exact) mass is 284 g/mol. The number of carbonyl (C=O) groups is 1. The van der Waals surface area contributed by atoms with Crippen molar-refractivity contribution in [3.8, 4) is 11.8 Å². The molecule has 19 heavy (non-hydrogen) atoms. The molecular formula is C13H17ClN2O3. The van der Waals surface area contributed by atoms with Gasteiger partial charge in [0.2, 0.25) is 0 Å². The van der Waals surface area contributed by atoms with Gasteiger partial charge in [0.25, 0.3) is 0 Å². The molecular weight excluding hydrogens is 268 g/mol. The Morgan fingerprint density at radius 2 is 2.21 bits per heavy atom. The number of ether oxygens (including phenoxy) is 1. The summed E-state index contributed by atoms with van der Waals surface area (Å²) in [7, 11) is 1.57. The summed E-state index contributed by atoms with van der Waals surface area (Å²) < 4.78 is 5.09. The molecule has 0 saturated heterocycles. The van der Waals surface area contributed by atoms with Crippen LogP contribution in [0.1, 0.15) is 24.4 Å². The minimum Gasteiger partial charge on any atom is -0.497 e. The molecule has 3 N–H and O–H groups in total. The molecule has 5 nitrogen and oxygen atoms in total. The molecule has 1 rings (SSSR count). The Labute approximate surface area is 118 Å². The molecule has 1 aromatic carbocycles. The first-order valence-corrected chi connectivity index (χ1v) is 5.60. The molecule has 0 aliphatic rings. The van der Waals surface area contributed by atoms with Gasteiger partial charge in [-0.1, -0.05) is 12.1 Å². The van der Waals surface area contributed by atoms with Crippen molar-refractivity contribution in [1.82, 2.24) is 0 Å². The quantitative estimate of drug-likeness (QED) is 0.834. The highest BCUT2D eigenvalue weighted by molar-refractivity contribution is 5.85. The number of hydrogen-bond acceptors (Lipinski definition) is 4. The van der Waals surface area contributed by atoms with Crippen molar-refractivity contribution < 1.29 is 14.6 Å². The van der Waals surface area contributed by atoms with Crippen LogP contribution in [0.4, 0.5) is 0 Å². The maximum Gasteiger partial charge on any atom is 0.320 e. The molecule has 2 atom stereocenters. The summed E-state index contributed by atoms with van der Waals surface area (Å²) in [4.78, 5) is 10.7. The Bertz CT molecular complexity index is 459. The van der Waals surface area contributed by atoms with E-state index >= 15 is 0 Å². The summed E-state index contributed by atoms with van der Waals surface area (Å²) in [5, 5.41) is 17.4. The van der Waals surface area contributed by atoms with Crippen LogP contribution in [0.2, 0.25) is 0 Å². The number of nitrogens with two attached hydrogens (primary N) is 1. The van der Waals surface area contributed by atoms with Crippen LogP contribution in [-0.2, 0) is 4.79 Å². The van der Waals surface area contributed by atoms with Gasteiger partial charge < -0.3 is 15.6 Å². The van der Waals surface area contributed by atoms with E-state index < -0.39 is 11.9 Å². The molecule has 0 bridgehead atoms. The molecule has 0 aliphatic heterocycles. The number of carboxylic acids is 1. The third-order valence-corrected chi connectivity index (χ3v) is 2.74. The van der Waals surface area contributed by atoms with Crippen LogP contribution in [0.25, 0.3) is 0 Å². The number of rotatable bonds is 6. The standard InChI is InChI=1S/C13H16N2O3.ClH/c1-18-11-4-2-3-9(7-11)12(15)6-5-10(8-14)13(16)17;/h2-4,7,10,12H,5-6,15H2,1H3,(H,16,17);1H/t10?,12-;/m1./s1. The van der Waals surface area contributed by atoms with Crippen LogP contribution in [0.3, 0.4) is 0 Å². The van der Waals surface area contributed by atoms with Gasteiger partial charge in [0, 0.05) is 6.04 Å². The Morgan fingerprint density at radius 1 is 1.53 bits per heavy atom. The lowest BCUT2D eigenvalue weighted by atomic mass is 9.97. The van der Waals surface area contributed by atoms with E-state index in [0.717, 1.165) is 5.56 Å². The number of carboxylic acid groups (broad SMARTS) is 1. The fourth-order valence-electron chi connectivity index (χ4n) is 1.63. The minimum absolute atomic E-state index is 0. The van der Waals surface area contributed by atoms with E-state index in [1.807, 2.05) is 24.3 Å². The average molecular weight is 285 g/mol. The Kier molecular flexibility index (Phi) is 7.57. The van der Waals surface area contributed by atoms with E-state index in [0.29, 0.717) is 12.2 Å². The van der Waals surface area contributed by atoms with E-state index in [9.17, 15) is 4.79 Å². The van der Waals surface area contributed by atoms with Gasteiger partial charge in [-0.2, -0.15) is 5.26 Å². The number of halogens is 1. The van der Waals surface area contributed by atoms with Gasteiger partial charge in [-0.05, 0) is 30.5 Å². The molecule has 0 amide bonds. The molecule has 6 heteroatoms. The zero-order valence-corrected chi connectivity index (χ0v) is 11.4. The largest absolute Gasteiger partial charge is 0.497 e. The first-order chi connectivity index (χ1) is 8.58. The maximum absolute atomic E-state index is 10.7. The maximum atomic E-state index is 10.7. The van der Waals surface area contributed by atoms with Gasteiger partial charge >= 0.3 is 5.97 Å². The highest BCUT2D eigenvalue weighted by atomic mass is 35.5. The lowest BCUT2D eigenvalue weighted by Crippen LogP contribution is -2.16. The fraction of sp³-hybridized carbons (Fsp3) is 0.385. The number of nitriles is 1. The average Bonchev–Trinajstić information content (AvgIpc) is 2.38. The summed E-state index contributed by atoms with van der Waals surface area (Å²) in [6.07, 6.45) is 0.682. The predicted molar refractivity (Wildman–Crippen MR) is 73.1 cm³/mol. The number of aliphatic carboxylic acids is 1. The first kappa shape index (κ1) is 17.2. The zero-order valence-electron chi connectivity index (χ0n) is 10.6. The first-order valence-electron chi connectivity index (χ1n) is 5.60. The third-order valence-electron chi connectivity index (χ3n) is 2.74. The van der Waals surface area contributed by atoms with E-state index in [1.165, 1.54) is 0 Å². The second kappa shape index (κ2) is 8.35. The van der Waals surface area contributed by atoms with Gasteiger partial charge in [0.1, 0.15) is 11.7 Å². The van der Waals surface area contributed by atoms with Crippen LogP contribution in [0.15, 0.2) is 24.3 Å². The Balaban J connectivity index is 0.00000324. The third kappa shape index (κ3) is 5.16. The summed E-state index contributed by atoms with van der Waals surface area (Å²) >= 11 is 0. The van der Waals surface area contributed by atoms with Gasteiger partial charge in [-0.15, -0.1) is 12.4 Å². The number of hydrogen-bond donors (Lipinski definition) is 2. The van der Waals surface area contributed by atoms with Crippen LogP contribution in [0, 0.1) is 17.2 Å². The molecule has 0 aromatic heterocycles. The van der Waals surface area contributed by atoms with Crippen LogP contribution in [0.5, 0.6) is 5.75 Å². The highest BCUT2D eigenvalue weighted by Gasteiger charge is 2.18. The normalized spacial score (nSPS) is 12.7. The van der Waals surface area contributed by atoms with E-state index in [2.05, 4.69) is 0 Å². The van der Waals surface area contributed by atoms with Crippen LogP contribution < -0.4 is 10.5 Å². The molecule has 0 saturated carbocycles. The molecule has 1 aromatic rings. The van der Waals surface area contributed by atoms with Crippen molar-refractivity contribution in [1.29, 1.82) is 5.26 Å². The summed E-state index contributed by atoms with van der Waals surface area (Å²) in [6, 6.07) is 8.76. The number of methoxy groups -OCH3 is 1. The van der Waals surface area contributed by atoms with Crippen LogP contribution >= 0.6 is 12.4 Å². The van der Waals surface area contributed by atoms with E-state index in [4.69, 9.17) is 20.8 Å². The number of benzene rings is 1. The van der Waals surface area contributed by atoms with Crippen molar-refractivity contribution in [3.63, 3.8) is 0 Å². The zero-order chi connectivity index (χ0) is 13.5. The number of nitrogens with zero attached hydrogens (tertiary/aromatic N) is 1. The topological polar surface area (TPSA) is 96.3 Å². The Hall–Kier alpha value is -1.77. The molecule has 0 heterocycles. The molecule has 0 radical (unpaired) electrons. The SMILES string of the molecule is COc1cccc([C@H](N)CCC(C#N)C(=O)O)c1.Cl. The van der Waals surface area contributed by atoms with Crippen molar-refractivity contribution in [2.45, 2.75) is 18.9 Å². The molecule has 0 spiro atoms. The van der Waals surface area contributed by atoms with Crippen molar-refractivity contribution in [2.75, 3.05) is 7.11 Å². The Morgan fingerprint density at radius 3 is 2.74 bits per heavy atom. The smallest absolute Gasteiger partial charge is 0.320 e. The summed E-state index contributed by atoms with van der Waals surface area (Å²) in [5.41, 5.74) is 6.84. The fourth-order valence-corrected chi connectivity index (χ4v) is 1.63. The molecule has 104 valence electrons. The van der Waals surface area contributed by atoms with Crippen molar-refractivity contribution in [3.05, 3.63) is 29.8 Å². The molecule has 0 aliphatic carbocycles. The van der Waals surface area contributed by atoms with Gasteiger partial charge in [-0.25, -0.2) is 0 Å². The summed E-state index contributed by atoms with van der Waals surface area (Å²) in [6.45, 7) is 0. The predicted octanol–water partition coefficient (Wildman–Crippen LogP) is 2.12. The second-order valence-corrected chi connectivity index (χ2v) is 3.98. The molecule has 0 fully saturated rings. The second-order valence-electron chi connectivity index (χ2n) is 3.98. The highest BCUT2D eigenvalue weighted by Crippen LogP contribution is 2.22.